The molecular formula is C19H16N2O. The molecule has 0 spiro atoms. The molecule has 3 aromatic rings. The lowest BCUT2D eigenvalue weighted by molar-refractivity contribution is 0.415. The Kier molecular flexibility index (Phi) is 4.25. The maximum atomic E-state index is 5.13. The average Bonchev–Trinajstić information content (AvgIpc) is 2.61. The number of ether oxygens (including phenoxy) is 1. The van der Waals surface area contributed by atoms with E-state index in [9.17, 15) is 0 Å². The largest absolute Gasteiger partial charge is 0.497 e. The molecule has 0 unspecified atom stereocenters. The highest BCUT2D eigenvalue weighted by atomic mass is 16.5. The molecule has 22 heavy (non-hydrogen) atoms. The van der Waals surface area contributed by atoms with Gasteiger partial charge < -0.3 is 4.74 Å². The molecule has 108 valence electrons. The Hall–Kier alpha value is -2.94. The number of hydrogen-bond acceptors (Lipinski definition) is 3. The van der Waals surface area contributed by atoms with Crippen LogP contribution in [0.25, 0.3) is 11.1 Å². The number of rotatable bonds is 4. The molecule has 0 aliphatic heterocycles. The second-order valence-corrected chi connectivity index (χ2v) is 4.81. The fourth-order valence-electron chi connectivity index (χ4n) is 2.12. The summed E-state index contributed by atoms with van der Waals surface area (Å²) in [5.41, 5.74) is 4.30. The monoisotopic (exact) mass is 288 g/mol. The molecule has 3 nitrogen and oxygen atoms in total. The Morgan fingerprint density at radius 1 is 0.818 bits per heavy atom. The third-order valence-electron chi connectivity index (χ3n) is 3.36. The quantitative estimate of drug-likeness (QED) is 0.662. The number of nitrogens with zero attached hydrogens (tertiary/aromatic N) is 2. The van der Waals surface area contributed by atoms with Crippen molar-refractivity contribution < 1.29 is 4.74 Å². The molecule has 2 aromatic carbocycles. The number of hydrogen-bond donors (Lipinski definition) is 0. The van der Waals surface area contributed by atoms with Gasteiger partial charge in [0.05, 0.1) is 12.8 Å². The summed E-state index contributed by atoms with van der Waals surface area (Å²) in [6.07, 6.45) is 5.46. The van der Waals surface area contributed by atoms with Crippen LogP contribution in [-0.4, -0.2) is 18.3 Å². The lowest BCUT2D eigenvalue weighted by Crippen LogP contribution is -1.83. The number of aliphatic imine (C=N–C) groups is 1. The van der Waals surface area contributed by atoms with E-state index in [1.54, 1.807) is 19.5 Å². The smallest absolute Gasteiger partial charge is 0.119 e. The number of aromatic nitrogens is 1. The maximum Gasteiger partial charge on any atom is 0.119 e. The Balaban J connectivity index is 1.74. The molecule has 0 radical (unpaired) electrons. The van der Waals surface area contributed by atoms with Crippen LogP contribution in [0.3, 0.4) is 0 Å². The highest BCUT2D eigenvalue weighted by Gasteiger charge is 1.96. The van der Waals surface area contributed by atoms with Crippen LogP contribution in [0.5, 0.6) is 5.75 Å². The van der Waals surface area contributed by atoms with Gasteiger partial charge in [-0.2, -0.15) is 0 Å². The van der Waals surface area contributed by atoms with Gasteiger partial charge in [-0.15, -0.1) is 0 Å². The highest BCUT2D eigenvalue weighted by molar-refractivity contribution is 5.83. The van der Waals surface area contributed by atoms with Crippen molar-refractivity contribution >= 4 is 11.9 Å². The second kappa shape index (κ2) is 6.68. The van der Waals surface area contributed by atoms with Crippen LogP contribution in [0.2, 0.25) is 0 Å². The molecule has 0 aliphatic carbocycles. The Bertz CT molecular complexity index is 748. The highest BCUT2D eigenvalue weighted by Crippen LogP contribution is 2.20. The van der Waals surface area contributed by atoms with Crippen molar-refractivity contribution in [3.8, 4) is 16.9 Å². The van der Waals surface area contributed by atoms with Crippen molar-refractivity contribution in [3.63, 3.8) is 0 Å². The summed E-state index contributed by atoms with van der Waals surface area (Å²) in [7, 11) is 1.66. The fourth-order valence-corrected chi connectivity index (χ4v) is 2.12. The summed E-state index contributed by atoms with van der Waals surface area (Å²) in [5, 5.41) is 0. The van der Waals surface area contributed by atoms with Crippen molar-refractivity contribution in [2.75, 3.05) is 7.11 Å². The minimum Gasteiger partial charge on any atom is -0.497 e. The van der Waals surface area contributed by atoms with Gasteiger partial charge in [-0.1, -0.05) is 24.3 Å². The van der Waals surface area contributed by atoms with Crippen LogP contribution in [-0.2, 0) is 0 Å². The number of benzene rings is 2. The summed E-state index contributed by atoms with van der Waals surface area (Å²) in [5.74, 6) is 0.834. The summed E-state index contributed by atoms with van der Waals surface area (Å²) in [4.78, 5) is 8.50. The van der Waals surface area contributed by atoms with Crippen LogP contribution in [0.4, 0.5) is 5.69 Å². The number of methoxy groups -OCH3 is 1. The van der Waals surface area contributed by atoms with E-state index in [4.69, 9.17) is 4.74 Å². The van der Waals surface area contributed by atoms with Crippen molar-refractivity contribution in [3.05, 3.63) is 78.6 Å². The van der Waals surface area contributed by atoms with E-state index >= 15 is 0 Å². The normalized spacial score (nSPS) is 10.8. The topological polar surface area (TPSA) is 34.5 Å². The van der Waals surface area contributed by atoms with Gasteiger partial charge in [-0.25, -0.2) is 0 Å². The van der Waals surface area contributed by atoms with Gasteiger partial charge in [-0.3, -0.25) is 9.98 Å². The Morgan fingerprint density at radius 2 is 1.45 bits per heavy atom. The zero-order valence-corrected chi connectivity index (χ0v) is 12.3. The van der Waals surface area contributed by atoms with Crippen LogP contribution in [0.1, 0.15) is 5.56 Å². The molecule has 0 bridgehead atoms. The number of pyridine rings is 1. The second-order valence-electron chi connectivity index (χ2n) is 4.81. The molecule has 0 aliphatic rings. The minimum atomic E-state index is 0.834. The molecule has 0 atom stereocenters. The summed E-state index contributed by atoms with van der Waals surface area (Å²) < 4.78 is 5.13. The first-order chi connectivity index (χ1) is 10.8. The molecule has 0 N–H and O–H groups in total. The van der Waals surface area contributed by atoms with Crippen molar-refractivity contribution in [1.29, 1.82) is 0 Å². The van der Waals surface area contributed by atoms with Gasteiger partial charge in [-0.05, 0) is 53.1 Å². The van der Waals surface area contributed by atoms with Gasteiger partial charge >= 0.3 is 0 Å². The van der Waals surface area contributed by atoms with Gasteiger partial charge in [0, 0.05) is 18.6 Å². The van der Waals surface area contributed by atoms with Crippen LogP contribution >= 0.6 is 0 Å². The summed E-state index contributed by atoms with van der Waals surface area (Å²) in [6.45, 7) is 0. The molecular weight excluding hydrogens is 272 g/mol. The van der Waals surface area contributed by atoms with E-state index in [1.165, 1.54) is 5.56 Å². The summed E-state index contributed by atoms with van der Waals surface area (Å²) in [6, 6.07) is 20.0. The SMILES string of the molecule is COc1ccc(N=Cc2ccc(-c3ccncc3)cc2)cc1. The van der Waals surface area contributed by atoms with Crippen LogP contribution < -0.4 is 4.74 Å². The van der Waals surface area contributed by atoms with Gasteiger partial charge in [0.25, 0.3) is 0 Å². The standard InChI is InChI=1S/C19H16N2O/c1-22-19-8-6-18(7-9-19)21-14-15-2-4-16(5-3-15)17-10-12-20-13-11-17/h2-14H,1H3. The lowest BCUT2D eigenvalue weighted by atomic mass is 10.1. The van der Waals surface area contributed by atoms with E-state index in [2.05, 4.69) is 34.2 Å². The molecule has 1 aromatic heterocycles. The van der Waals surface area contributed by atoms with E-state index in [-0.39, 0.29) is 0 Å². The Labute approximate surface area is 130 Å². The van der Waals surface area contributed by atoms with Gasteiger partial charge in [0.2, 0.25) is 0 Å². The van der Waals surface area contributed by atoms with Gasteiger partial charge in [0.1, 0.15) is 5.75 Å². The molecule has 1 heterocycles. The minimum absolute atomic E-state index is 0.834. The fraction of sp³-hybridized carbons (Fsp3) is 0.0526. The van der Waals surface area contributed by atoms with Gasteiger partial charge in [0.15, 0.2) is 0 Å². The molecule has 0 saturated carbocycles. The zero-order valence-electron chi connectivity index (χ0n) is 12.3. The first-order valence-corrected chi connectivity index (χ1v) is 7.04. The Morgan fingerprint density at radius 3 is 2.09 bits per heavy atom. The van der Waals surface area contributed by atoms with Crippen molar-refractivity contribution in [2.24, 2.45) is 4.99 Å². The van der Waals surface area contributed by atoms with E-state index in [1.807, 2.05) is 42.6 Å². The first kappa shape index (κ1) is 14.0. The maximum absolute atomic E-state index is 5.13. The predicted molar refractivity (Wildman–Crippen MR) is 89.9 cm³/mol. The third-order valence-corrected chi connectivity index (χ3v) is 3.36. The molecule has 0 amide bonds. The van der Waals surface area contributed by atoms with Crippen LogP contribution in [0.15, 0.2) is 78.0 Å². The third kappa shape index (κ3) is 3.38. The zero-order chi connectivity index (χ0) is 15.2. The predicted octanol–water partition coefficient (Wildman–Crippen LogP) is 4.51. The van der Waals surface area contributed by atoms with E-state index < -0.39 is 0 Å². The van der Waals surface area contributed by atoms with E-state index in [0.29, 0.717) is 0 Å². The van der Waals surface area contributed by atoms with E-state index in [0.717, 1.165) is 22.6 Å². The first-order valence-electron chi connectivity index (χ1n) is 7.04. The average molecular weight is 288 g/mol. The molecule has 0 saturated heterocycles. The molecule has 0 fully saturated rings. The summed E-state index contributed by atoms with van der Waals surface area (Å²) >= 11 is 0. The lowest BCUT2D eigenvalue weighted by Gasteiger charge is -2.01. The van der Waals surface area contributed by atoms with Crippen LogP contribution in [0, 0.1) is 0 Å². The molecule has 3 heteroatoms. The van der Waals surface area contributed by atoms with Crippen molar-refractivity contribution in [2.45, 2.75) is 0 Å². The van der Waals surface area contributed by atoms with Crippen molar-refractivity contribution in [1.82, 2.24) is 4.98 Å². The molecule has 3 rings (SSSR count).